The van der Waals surface area contributed by atoms with E-state index in [2.05, 4.69) is 46.0 Å². The monoisotopic (exact) mass is 282 g/mol. The van der Waals surface area contributed by atoms with Crippen LogP contribution >= 0.6 is 15.9 Å². The van der Waals surface area contributed by atoms with Crippen molar-refractivity contribution in [3.8, 4) is 0 Å². The van der Waals surface area contributed by atoms with Gasteiger partial charge in [-0.2, -0.15) is 0 Å². The van der Waals surface area contributed by atoms with E-state index in [-0.39, 0.29) is 0 Å². The predicted molar refractivity (Wildman–Crippen MR) is 71.1 cm³/mol. The normalized spacial score (nSPS) is 21.6. The highest BCUT2D eigenvalue weighted by molar-refractivity contribution is 9.10. The molecular weight excluding hydrogens is 264 g/mol. The van der Waals surface area contributed by atoms with Crippen LogP contribution in [0.5, 0.6) is 0 Å². The number of nitrogens with two attached hydrogens (primary N) is 1. The molecule has 1 atom stereocenters. The predicted octanol–water partition coefficient (Wildman–Crippen LogP) is 2.75. The standard InChI is InChI=1S/C13H19BrN2/c1-10-4-5-16(8-10)9-12-3-2-11(7-15)6-13(12)14/h2-3,6,10H,4-5,7-9,15H2,1H3. The smallest absolute Gasteiger partial charge is 0.0245 e. The molecule has 88 valence electrons. The highest BCUT2D eigenvalue weighted by atomic mass is 79.9. The molecule has 0 spiro atoms. The van der Waals surface area contributed by atoms with E-state index < -0.39 is 0 Å². The van der Waals surface area contributed by atoms with Crippen LogP contribution in [0.15, 0.2) is 22.7 Å². The van der Waals surface area contributed by atoms with Gasteiger partial charge in [0.1, 0.15) is 0 Å². The number of halogens is 1. The van der Waals surface area contributed by atoms with Crippen LogP contribution in [-0.2, 0) is 13.1 Å². The number of rotatable bonds is 3. The molecule has 0 radical (unpaired) electrons. The van der Waals surface area contributed by atoms with Gasteiger partial charge < -0.3 is 5.73 Å². The van der Waals surface area contributed by atoms with Crippen molar-refractivity contribution in [2.24, 2.45) is 11.7 Å². The minimum atomic E-state index is 0.611. The fraction of sp³-hybridized carbons (Fsp3) is 0.538. The van der Waals surface area contributed by atoms with Gasteiger partial charge in [-0.3, -0.25) is 4.90 Å². The maximum Gasteiger partial charge on any atom is 0.0245 e. The molecule has 1 heterocycles. The lowest BCUT2D eigenvalue weighted by Gasteiger charge is -2.16. The summed E-state index contributed by atoms with van der Waals surface area (Å²) >= 11 is 3.63. The van der Waals surface area contributed by atoms with Crippen molar-refractivity contribution in [1.29, 1.82) is 0 Å². The van der Waals surface area contributed by atoms with Gasteiger partial charge in [-0.1, -0.05) is 35.0 Å². The second-order valence-corrected chi connectivity index (χ2v) is 5.61. The fourth-order valence-electron chi connectivity index (χ4n) is 2.26. The Hall–Kier alpha value is -0.380. The van der Waals surface area contributed by atoms with Crippen LogP contribution < -0.4 is 5.73 Å². The Kier molecular flexibility index (Phi) is 4.00. The van der Waals surface area contributed by atoms with Crippen LogP contribution in [0.2, 0.25) is 0 Å². The van der Waals surface area contributed by atoms with Crippen LogP contribution in [0, 0.1) is 5.92 Å². The van der Waals surface area contributed by atoms with E-state index in [1.807, 2.05) is 0 Å². The lowest BCUT2D eigenvalue weighted by atomic mass is 10.1. The first kappa shape index (κ1) is 12.1. The van der Waals surface area contributed by atoms with Crippen LogP contribution in [-0.4, -0.2) is 18.0 Å². The summed E-state index contributed by atoms with van der Waals surface area (Å²) < 4.78 is 1.19. The molecule has 1 saturated heterocycles. The summed E-state index contributed by atoms with van der Waals surface area (Å²) in [7, 11) is 0. The molecule has 0 bridgehead atoms. The Balaban J connectivity index is 2.04. The lowest BCUT2D eigenvalue weighted by Crippen LogP contribution is -2.19. The molecular formula is C13H19BrN2. The average Bonchev–Trinajstić information content (AvgIpc) is 2.67. The van der Waals surface area contributed by atoms with Gasteiger partial charge >= 0.3 is 0 Å². The maximum absolute atomic E-state index is 5.62. The highest BCUT2D eigenvalue weighted by Gasteiger charge is 2.19. The molecule has 0 aliphatic carbocycles. The Morgan fingerprint density at radius 1 is 1.50 bits per heavy atom. The highest BCUT2D eigenvalue weighted by Crippen LogP contribution is 2.23. The van der Waals surface area contributed by atoms with Crippen LogP contribution in [0.4, 0.5) is 0 Å². The van der Waals surface area contributed by atoms with E-state index in [0.29, 0.717) is 6.54 Å². The number of likely N-dealkylation sites (tertiary alicyclic amines) is 1. The first-order valence-corrected chi connectivity index (χ1v) is 6.68. The third kappa shape index (κ3) is 2.84. The quantitative estimate of drug-likeness (QED) is 0.924. The summed E-state index contributed by atoms with van der Waals surface area (Å²) in [6.45, 7) is 6.44. The zero-order valence-electron chi connectivity index (χ0n) is 9.75. The van der Waals surface area contributed by atoms with E-state index in [1.165, 1.54) is 35.1 Å². The van der Waals surface area contributed by atoms with E-state index in [4.69, 9.17) is 5.73 Å². The van der Waals surface area contributed by atoms with Crippen molar-refractivity contribution >= 4 is 15.9 Å². The maximum atomic E-state index is 5.62. The Morgan fingerprint density at radius 3 is 2.88 bits per heavy atom. The number of hydrogen-bond acceptors (Lipinski definition) is 2. The fourth-order valence-corrected chi connectivity index (χ4v) is 2.81. The summed E-state index contributed by atoms with van der Waals surface area (Å²) in [6.07, 6.45) is 1.33. The van der Waals surface area contributed by atoms with Gasteiger partial charge in [0.15, 0.2) is 0 Å². The molecule has 1 aromatic rings. The van der Waals surface area contributed by atoms with Crippen LogP contribution in [0.25, 0.3) is 0 Å². The molecule has 2 rings (SSSR count). The number of benzene rings is 1. The second-order valence-electron chi connectivity index (χ2n) is 4.76. The molecule has 2 N–H and O–H groups in total. The molecule has 1 aliphatic rings. The minimum absolute atomic E-state index is 0.611. The summed E-state index contributed by atoms with van der Waals surface area (Å²) in [5.41, 5.74) is 8.17. The van der Waals surface area contributed by atoms with Gasteiger partial charge in [-0.15, -0.1) is 0 Å². The Bertz CT molecular complexity index is 365. The molecule has 2 nitrogen and oxygen atoms in total. The third-order valence-electron chi connectivity index (χ3n) is 3.26. The second kappa shape index (κ2) is 5.30. The van der Waals surface area contributed by atoms with Gasteiger partial charge in [0.2, 0.25) is 0 Å². The summed E-state index contributed by atoms with van der Waals surface area (Å²) in [6, 6.07) is 6.45. The molecule has 1 fully saturated rings. The van der Waals surface area contributed by atoms with Gasteiger partial charge in [-0.25, -0.2) is 0 Å². The van der Waals surface area contributed by atoms with Gasteiger partial charge in [-0.05, 0) is 36.1 Å². The SMILES string of the molecule is CC1CCN(Cc2ccc(CN)cc2Br)C1. The third-order valence-corrected chi connectivity index (χ3v) is 3.99. The molecule has 0 amide bonds. The van der Waals surface area contributed by atoms with E-state index >= 15 is 0 Å². The Labute approximate surface area is 106 Å². The molecule has 1 aromatic carbocycles. The number of nitrogens with zero attached hydrogens (tertiary/aromatic N) is 1. The molecule has 1 unspecified atom stereocenters. The van der Waals surface area contributed by atoms with Gasteiger partial charge in [0.05, 0.1) is 0 Å². The summed E-state index contributed by atoms with van der Waals surface area (Å²) in [4.78, 5) is 2.52. The van der Waals surface area contributed by atoms with Gasteiger partial charge in [0.25, 0.3) is 0 Å². The first-order valence-electron chi connectivity index (χ1n) is 5.88. The summed E-state index contributed by atoms with van der Waals surface area (Å²) in [5.74, 6) is 0.849. The zero-order chi connectivity index (χ0) is 11.5. The molecule has 0 saturated carbocycles. The topological polar surface area (TPSA) is 29.3 Å². The van der Waals surface area contributed by atoms with E-state index in [1.54, 1.807) is 0 Å². The lowest BCUT2D eigenvalue weighted by molar-refractivity contribution is 0.320. The van der Waals surface area contributed by atoms with E-state index in [9.17, 15) is 0 Å². The van der Waals surface area contributed by atoms with Crippen LogP contribution in [0.1, 0.15) is 24.5 Å². The zero-order valence-corrected chi connectivity index (χ0v) is 11.3. The van der Waals surface area contributed by atoms with Crippen molar-refractivity contribution in [3.05, 3.63) is 33.8 Å². The van der Waals surface area contributed by atoms with Gasteiger partial charge in [0, 0.05) is 24.1 Å². The van der Waals surface area contributed by atoms with Crippen molar-refractivity contribution < 1.29 is 0 Å². The number of hydrogen-bond donors (Lipinski definition) is 1. The van der Waals surface area contributed by atoms with Crippen molar-refractivity contribution in [2.45, 2.75) is 26.4 Å². The molecule has 16 heavy (non-hydrogen) atoms. The van der Waals surface area contributed by atoms with E-state index in [0.717, 1.165) is 12.5 Å². The van der Waals surface area contributed by atoms with Crippen molar-refractivity contribution in [2.75, 3.05) is 13.1 Å². The Morgan fingerprint density at radius 2 is 2.31 bits per heavy atom. The largest absolute Gasteiger partial charge is 0.326 e. The minimum Gasteiger partial charge on any atom is -0.326 e. The van der Waals surface area contributed by atoms with Crippen LogP contribution in [0.3, 0.4) is 0 Å². The molecule has 0 aromatic heterocycles. The summed E-state index contributed by atoms with van der Waals surface area (Å²) in [5, 5.41) is 0. The first-order chi connectivity index (χ1) is 7.69. The van der Waals surface area contributed by atoms with Crippen molar-refractivity contribution in [3.63, 3.8) is 0 Å². The average molecular weight is 283 g/mol. The molecule has 3 heteroatoms. The van der Waals surface area contributed by atoms with Crippen molar-refractivity contribution in [1.82, 2.24) is 4.90 Å². The molecule has 1 aliphatic heterocycles.